The first-order valence-corrected chi connectivity index (χ1v) is 11.8. The number of amides is 1. The Labute approximate surface area is 212 Å². The minimum atomic E-state index is -1.07. The molecule has 0 spiro atoms. The Morgan fingerprint density at radius 3 is 2.46 bits per heavy atom. The number of benzene rings is 3. The molecule has 188 valence electrons. The van der Waals surface area contributed by atoms with Crippen molar-refractivity contribution in [3.8, 4) is 11.5 Å². The molecule has 0 radical (unpaired) electrons. The standard InChI is InChI=1S/C28H24FN3O5/c1-3-36-18-13-14-19(22(15-18)37-4-2)25(33)23-24(16-9-11-17(29)12-10-16)32(27(35)26(23)34)28-30-20-7-5-6-8-21(20)31-28/h5-15,24,33H,3-4H2,1-2H3,(H,30,31)/b25-23+. The Morgan fingerprint density at radius 1 is 1.03 bits per heavy atom. The van der Waals surface area contributed by atoms with Crippen LogP contribution in [0.15, 0.2) is 72.3 Å². The quantitative estimate of drug-likeness (QED) is 0.207. The Balaban J connectivity index is 1.72. The van der Waals surface area contributed by atoms with Crippen molar-refractivity contribution in [3.63, 3.8) is 0 Å². The molecule has 1 aromatic heterocycles. The van der Waals surface area contributed by atoms with E-state index in [0.717, 1.165) is 0 Å². The van der Waals surface area contributed by atoms with Crippen LogP contribution in [0.2, 0.25) is 0 Å². The summed E-state index contributed by atoms with van der Waals surface area (Å²) in [7, 11) is 0. The van der Waals surface area contributed by atoms with Crippen LogP contribution in [0.25, 0.3) is 16.8 Å². The van der Waals surface area contributed by atoms with E-state index in [1.54, 1.807) is 43.3 Å². The fourth-order valence-electron chi connectivity index (χ4n) is 4.44. The summed E-state index contributed by atoms with van der Waals surface area (Å²) in [5.41, 5.74) is 1.75. The largest absolute Gasteiger partial charge is 0.507 e. The second-order valence-electron chi connectivity index (χ2n) is 8.32. The van der Waals surface area contributed by atoms with Crippen molar-refractivity contribution in [1.82, 2.24) is 9.97 Å². The first-order valence-electron chi connectivity index (χ1n) is 11.8. The number of carbonyl (C=O) groups is 2. The molecule has 1 aliphatic heterocycles. The molecule has 1 amide bonds. The van der Waals surface area contributed by atoms with Crippen LogP contribution in [0.1, 0.15) is 31.0 Å². The summed E-state index contributed by atoms with van der Waals surface area (Å²) in [4.78, 5) is 35.6. The van der Waals surface area contributed by atoms with Gasteiger partial charge < -0.3 is 19.6 Å². The third-order valence-corrected chi connectivity index (χ3v) is 6.05. The lowest BCUT2D eigenvalue weighted by Crippen LogP contribution is -2.30. The molecule has 0 bridgehead atoms. The lowest BCUT2D eigenvalue weighted by molar-refractivity contribution is -0.132. The van der Waals surface area contributed by atoms with Gasteiger partial charge in [-0.25, -0.2) is 9.37 Å². The number of rotatable bonds is 7. The number of nitrogens with one attached hydrogen (secondary N) is 1. The molecule has 1 atom stereocenters. The van der Waals surface area contributed by atoms with E-state index in [4.69, 9.17) is 9.47 Å². The summed E-state index contributed by atoms with van der Waals surface area (Å²) in [6.07, 6.45) is 0. The van der Waals surface area contributed by atoms with Crippen LogP contribution in [0.5, 0.6) is 11.5 Å². The van der Waals surface area contributed by atoms with E-state index in [0.29, 0.717) is 41.3 Å². The normalized spacial score (nSPS) is 16.9. The summed E-state index contributed by atoms with van der Waals surface area (Å²) in [6.45, 7) is 4.36. The van der Waals surface area contributed by atoms with Gasteiger partial charge in [0.05, 0.1) is 41.4 Å². The van der Waals surface area contributed by atoms with Gasteiger partial charge in [-0.05, 0) is 55.8 Å². The average molecular weight is 502 g/mol. The number of hydrogen-bond donors (Lipinski definition) is 2. The Kier molecular flexibility index (Phi) is 6.35. The highest BCUT2D eigenvalue weighted by Gasteiger charge is 2.48. The molecule has 4 aromatic rings. The molecule has 1 saturated heterocycles. The zero-order valence-electron chi connectivity index (χ0n) is 20.2. The lowest BCUT2D eigenvalue weighted by Gasteiger charge is -2.23. The fourth-order valence-corrected chi connectivity index (χ4v) is 4.44. The van der Waals surface area contributed by atoms with Gasteiger partial charge in [-0.2, -0.15) is 0 Å². The molecule has 9 heteroatoms. The van der Waals surface area contributed by atoms with Gasteiger partial charge in [0, 0.05) is 6.07 Å². The number of fused-ring (bicyclic) bond motifs is 1. The molecule has 37 heavy (non-hydrogen) atoms. The van der Waals surface area contributed by atoms with Crippen molar-refractivity contribution < 1.29 is 28.6 Å². The van der Waals surface area contributed by atoms with E-state index in [2.05, 4.69) is 9.97 Å². The van der Waals surface area contributed by atoms with Gasteiger partial charge in [0.15, 0.2) is 0 Å². The summed E-state index contributed by atoms with van der Waals surface area (Å²) >= 11 is 0. The number of para-hydroxylation sites is 2. The second kappa shape index (κ2) is 9.77. The second-order valence-corrected chi connectivity index (χ2v) is 8.32. The van der Waals surface area contributed by atoms with Crippen molar-refractivity contribution in [2.75, 3.05) is 18.1 Å². The molecule has 1 fully saturated rings. The molecular formula is C28H24FN3O5. The van der Waals surface area contributed by atoms with E-state index < -0.39 is 29.3 Å². The first-order chi connectivity index (χ1) is 17.9. The van der Waals surface area contributed by atoms with Crippen molar-refractivity contribution in [2.45, 2.75) is 19.9 Å². The topological polar surface area (TPSA) is 105 Å². The van der Waals surface area contributed by atoms with E-state index in [-0.39, 0.29) is 17.1 Å². The number of ketones is 1. The summed E-state index contributed by atoms with van der Waals surface area (Å²) in [6, 6.07) is 16.4. The number of ether oxygens (including phenoxy) is 2. The number of H-pyrrole nitrogens is 1. The first kappa shape index (κ1) is 24.1. The van der Waals surface area contributed by atoms with Crippen molar-refractivity contribution >= 4 is 34.4 Å². The average Bonchev–Trinajstić information content (AvgIpc) is 3.43. The molecule has 1 aliphatic rings. The van der Waals surface area contributed by atoms with E-state index >= 15 is 0 Å². The van der Waals surface area contributed by atoms with Gasteiger partial charge in [-0.1, -0.05) is 24.3 Å². The lowest BCUT2D eigenvalue weighted by atomic mass is 9.95. The predicted octanol–water partition coefficient (Wildman–Crippen LogP) is 5.13. The summed E-state index contributed by atoms with van der Waals surface area (Å²) in [5.74, 6) is -1.72. The maximum absolute atomic E-state index is 13.8. The molecule has 3 aromatic carbocycles. The van der Waals surface area contributed by atoms with Crippen molar-refractivity contribution in [2.24, 2.45) is 0 Å². The number of aromatic nitrogens is 2. The van der Waals surface area contributed by atoms with Gasteiger partial charge in [0.1, 0.15) is 23.1 Å². The summed E-state index contributed by atoms with van der Waals surface area (Å²) < 4.78 is 25.1. The highest BCUT2D eigenvalue weighted by Crippen LogP contribution is 2.43. The number of aliphatic hydroxyl groups excluding tert-OH is 1. The zero-order valence-corrected chi connectivity index (χ0v) is 20.2. The maximum Gasteiger partial charge on any atom is 0.302 e. The van der Waals surface area contributed by atoms with Crippen LogP contribution < -0.4 is 14.4 Å². The predicted molar refractivity (Wildman–Crippen MR) is 136 cm³/mol. The maximum atomic E-state index is 13.8. The molecule has 0 aliphatic carbocycles. The number of nitrogens with zero attached hydrogens (tertiary/aromatic N) is 2. The van der Waals surface area contributed by atoms with Gasteiger partial charge >= 0.3 is 5.91 Å². The number of imidazole rings is 1. The Bertz CT molecular complexity index is 1490. The SMILES string of the molecule is CCOc1ccc(/C(O)=C2\C(=O)C(=O)N(c3nc4ccccc4[nH]3)C2c2ccc(F)cc2)c(OCC)c1. The van der Waals surface area contributed by atoms with Crippen LogP contribution in [0, 0.1) is 5.82 Å². The van der Waals surface area contributed by atoms with Gasteiger partial charge in [0.2, 0.25) is 5.95 Å². The Morgan fingerprint density at radius 2 is 1.76 bits per heavy atom. The van der Waals surface area contributed by atoms with E-state index in [1.807, 2.05) is 13.0 Å². The highest BCUT2D eigenvalue weighted by atomic mass is 19.1. The monoisotopic (exact) mass is 501 g/mol. The molecule has 2 heterocycles. The van der Waals surface area contributed by atoms with Crippen LogP contribution in [-0.2, 0) is 9.59 Å². The van der Waals surface area contributed by atoms with Gasteiger partial charge in [-0.15, -0.1) is 0 Å². The number of anilines is 1. The third-order valence-electron chi connectivity index (χ3n) is 6.05. The minimum absolute atomic E-state index is 0.133. The Hall–Kier alpha value is -4.66. The van der Waals surface area contributed by atoms with Gasteiger partial charge in [0.25, 0.3) is 5.78 Å². The molecule has 0 saturated carbocycles. The molecule has 5 rings (SSSR count). The molecule has 2 N–H and O–H groups in total. The van der Waals surface area contributed by atoms with Crippen LogP contribution >= 0.6 is 0 Å². The number of aromatic amines is 1. The van der Waals surface area contributed by atoms with Crippen LogP contribution in [0.3, 0.4) is 0 Å². The number of hydrogen-bond acceptors (Lipinski definition) is 6. The summed E-state index contributed by atoms with van der Waals surface area (Å²) in [5, 5.41) is 11.5. The third kappa shape index (κ3) is 4.29. The van der Waals surface area contributed by atoms with E-state index in [1.165, 1.54) is 29.2 Å². The smallest absolute Gasteiger partial charge is 0.302 e. The molecular weight excluding hydrogens is 477 g/mol. The fraction of sp³-hybridized carbons (Fsp3) is 0.179. The molecule has 8 nitrogen and oxygen atoms in total. The van der Waals surface area contributed by atoms with E-state index in [9.17, 15) is 19.1 Å². The van der Waals surface area contributed by atoms with Crippen molar-refractivity contribution in [1.29, 1.82) is 0 Å². The number of carbonyl (C=O) groups excluding carboxylic acids is 2. The zero-order chi connectivity index (χ0) is 26.1. The van der Waals surface area contributed by atoms with Crippen molar-refractivity contribution in [3.05, 3.63) is 89.2 Å². The number of Topliss-reactive ketones (excluding diaryl/α,β-unsaturated/α-hetero) is 1. The highest BCUT2D eigenvalue weighted by molar-refractivity contribution is 6.51. The van der Waals surface area contributed by atoms with Gasteiger partial charge in [-0.3, -0.25) is 14.5 Å². The van der Waals surface area contributed by atoms with Crippen LogP contribution in [0.4, 0.5) is 10.3 Å². The number of aliphatic hydroxyl groups is 1. The minimum Gasteiger partial charge on any atom is -0.507 e. The van der Waals surface area contributed by atoms with Crippen LogP contribution in [-0.4, -0.2) is 40.0 Å². The molecule has 1 unspecified atom stereocenters. The number of halogens is 1.